The van der Waals surface area contributed by atoms with Crippen molar-refractivity contribution in [3.05, 3.63) is 32.9 Å². The van der Waals surface area contributed by atoms with Gasteiger partial charge in [-0.3, -0.25) is 0 Å². The molecular formula is C15H24BrNS. The number of allylic oxidation sites excluding steroid dienone is 1. The summed E-state index contributed by atoms with van der Waals surface area (Å²) in [5.41, 5.74) is 1.35. The van der Waals surface area contributed by atoms with E-state index < -0.39 is 0 Å². The summed E-state index contributed by atoms with van der Waals surface area (Å²) in [6, 6.07) is 2.83. The van der Waals surface area contributed by atoms with Crippen LogP contribution in [0.15, 0.2) is 22.5 Å². The van der Waals surface area contributed by atoms with E-state index in [1.807, 2.05) is 17.4 Å². The van der Waals surface area contributed by atoms with Gasteiger partial charge in [0, 0.05) is 10.9 Å². The van der Waals surface area contributed by atoms with E-state index in [-0.39, 0.29) is 0 Å². The van der Waals surface area contributed by atoms with Crippen LogP contribution in [0.3, 0.4) is 0 Å². The van der Waals surface area contributed by atoms with Gasteiger partial charge in [-0.1, -0.05) is 25.8 Å². The molecule has 0 bridgehead atoms. The maximum absolute atomic E-state index is 3.77. The molecule has 1 aromatic rings. The Hall–Kier alpha value is -0.120. The van der Waals surface area contributed by atoms with Crippen molar-refractivity contribution in [2.45, 2.75) is 52.0 Å². The minimum absolute atomic E-state index is 0.522. The van der Waals surface area contributed by atoms with E-state index >= 15 is 0 Å². The number of hydrogen-bond acceptors (Lipinski definition) is 2. The van der Waals surface area contributed by atoms with Crippen LogP contribution in [-0.2, 0) is 0 Å². The van der Waals surface area contributed by atoms with Gasteiger partial charge in [-0.2, -0.15) is 0 Å². The van der Waals surface area contributed by atoms with Crippen LogP contribution in [0.25, 0.3) is 0 Å². The molecule has 3 heteroatoms. The molecule has 1 rings (SSSR count). The highest BCUT2D eigenvalue weighted by Crippen LogP contribution is 2.33. The summed E-state index contributed by atoms with van der Waals surface area (Å²) in [4.78, 5) is 1.46. The first-order valence-corrected chi connectivity index (χ1v) is 8.40. The van der Waals surface area contributed by atoms with Gasteiger partial charge in [0.05, 0.1) is 3.79 Å². The summed E-state index contributed by atoms with van der Waals surface area (Å²) in [6.45, 7) is 9.15. The number of unbranched alkanes of at least 4 members (excludes halogenated alkanes) is 3. The first kappa shape index (κ1) is 15.9. The van der Waals surface area contributed by atoms with E-state index in [1.165, 1.54) is 39.9 Å². The van der Waals surface area contributed by atoms with Crippen LogP contribution >= 0.6 is 27.3 Å². The predicted molar refractivity (Wildman–Crippen MR) is 86.5 cm³/mol. The third-order valence-corrected chi connectivity index (χ3v) is 5.32. The molecule has 1 aromatic heterocycles. The molecule has 0 aliphatic carbocycles. The molecule has 0 aliphatic rings. The molecule has 1 atom stereocenters. The Balaban J connectivity index is 2.46. The first-order chi connectivity index (χ1) is 8.69. The van der Waals surface area contributed by atoms with Crippen LogP contribution in [0.1, 0.15) is 55.5 Å². The van der Waals surface area contributed by atoms with E-state index in [4.69, 9.17) is 0 Å². The summed E-state index contributed by atoms with van der Waals surface area (Å²) < 4.78 is 1.27. The molecule has 0 aromatic carbocycles. The van der Waals surface area contributed by atoms with Crippen molar-refractivity contribution < 1.29 is 0 Å². The number of hydrogen-bond donors (Lipinski definition) is 1. The average molecular weight is 330 g/mol. The van der Waals surface area contributed by atoms with Crippen molar-refractivity contribution in [3.63, 3.8) is 0 Å². The van der Waals surface area contributed by atoms with Gasteiger partial charge in [0.15, 0.2) is 0 Å². The summed E-state index contributed by atoms with van der Waals surface area (Å²) in [5.74, 6) is 0. The lowest BCUT2D eigenvalue weighted by molar-refractivity contribution is 0.489. The van der Waals surface area contributed by atoms with Crippen molar-refractivity contribution in [1.29, 1.82) is 0 Å². The average Bonchev–Trinajstić information content (AvgIpc) is 2.68. The third-order valence-electron chi connectivity index (χ3n) is 3.07. The molecule has 1 N–H and O–H groups in total. The van der Waals surface area contributed by atoms with E-state index in [0.717, 1.165) is 13.0 Å². The fraction of sp³-hybridized carbons (Fsp3) is 0.600. The molecule has 1 heterocycles. The standard InChI is InChI=1S/C15H24BrNS/c1-4-6-7-8-9-10-13(17-5-2)14-11-12(3)15(16)18-14/h4,11,13,17H,1,5-10H2,2-3H3. The highest BCUT2D eigenvalue weighted by atomic mass is 79.9. The normalized spacial score (nSPS) is 12.6. The predicted octanol–water partition coefficient (Wildman–Crippen LogP) is 5.61. The second-order valence-corrected chi connectivity index (χ2v) is 7.04. The van der Waals surface area contributed by atoms with Crippen LogP contribution in [0.5, 0.6) is 0 Å². The minimum atomic E-state index is 0.522. The Morgan fingerprint density at radius 3 is 2.78 bits per heavy atom. The Kier molecular flexibility index (Phi) is 7.87. The molecule has 0 saturated heterocycles. The number of thiophene rings is 1. The Labute approximate surface area is 124 Å². The quantitative estimate of drug-likeness (QED) is 0.459. The Morgan fingerprint density at radius 1 is 1.44 bits per heavy atom. The van der Waals surface area contributed by atoms with Crippen molar-refractivity contribution in [2.75, 3.05) is 6.54 Å². The van der Waals surface area contributed by atoms with Gasteiger partial charge in [0.2, 0.25) is 0 Å². The summed E-state index contributed by atoms with van der Waals surface area (Å²) in [6.07, 6.45) is 8.27. The molecule has 102 valence electrons. The highest BCUT2D eigenvalue weighted by molar-refractivity contribution is 9.11. The lowest BCUT2D eigenvalue weighted by atomic mass is 10.1. The maximum Gasteiger partial charge on any atom is 0.0731 e. The van der Waals surface area contributed by atoms with Crippen LogP contribution in [-0.4, -0.2) is 6.54 Å². The zero-order chi connectivity index (χ0) is 13.4. The maximum atomic E-state index is 3.77. The van der Waals surface area contributed by atoms with E-state index in [0.29, 0.717) is 6.04 Å². The zero-order valence-electron chi connectivity index (χ0n) is 11.5. The molecule has 0 radical (unpaired) electrons. The Morgan fingerprint density at radius 2 is 2.22 bits per heavy atom. The zero-order valence-corrected chi connectivity index (χ0v) is 13.9. The van der Waals surface area contributed by atoms with Crippen molar-refractivity contribution in [2.24, 2.45) is 0 Å². The molecule has 0 amide bonds. The number of rotatable bonds is 9. The number of nitrogens with one attached hydrogen (secondary N) is 1. The van der Waals surface area contributed by atoms with Gasteiger partial charge in [-0.25, -0.2) is 0 Å². The lowest BCUT2D eigenvalue weighted by Gasteiger charge is -2.16. The molecule has 0 fully saturated rings. The van der Waals surface area contributed by atoms with Crippen molar-refractivity contribution in [3.8, 4) is 0 Å². The first-order valence-electron chi connectivity index (χ1n) is 6.79. The lowest BCUT2D eigenvalue weighted by Crippen LogP contribution is -2.19. The van der Waals surface area contributed by atoms with Gasteiger partial charge in [0.1, 0.15) is 0 Å². The van der Waals surface area contributed by atoms with Crippen LogP contribution in [0, 0.1) is 6.92 Å². The smallest absolute Gasteiger partial charge is 0.0731 e. The van der Waals surface area contributed by atoms with Gasteiger partial charge < -0.3 is 5.32 Å². The third kappa shape index (κ3) is 5.25. The van der Waals surface area contributed by atoms with E-state index in [1.54, 1.807) is 0 Å². The summed E-state index contributed by atoms with van der Waals surface area (Å²) in [5, 5.41) is 3.60. The summed E-state index contributed by atoms with van der Waals surface area (Å²) in [7, 11) is 0. The molecule has 0 saturated carbocycles. The van der Waals surface area contributed by atoms with Gasteiger partial charge in [-0.15, -0.1) is 17.9 Å². The second kappa shape index (κ2) is 8.89. The fourth-order valence-corrected chi connectivity index (χ4v) is 3.74. The van der Waals surface area contributed by atoms with Gasteiger partial charge in [-0.05, 0) is 60.3 Å². The highest BCUT2D eigenvalue weighted by Gasteiger charge is 2.13. The molecule has 1 nitrogen and oxygen atoms in total. The number of halogens is 1. The molecule has 0 spiro atoms. The van der Waals surface area contributed by atoms with Crippen molar-refractivity contribution >= 4 is 27.3 Å². The molecular weight excluding hydrogens is 306 g/mol. The van der Waals surface area contributed by atoms with Gasteiger partial charge >= 0.3 is 0 Å². The SMILES string of the molecule is C=CCCCCCC(NCC)c1cc(C)c(Br)s1. The largest absolute Gasteiger partial charge is 0.310 e. The molecule has 0 aliphatic heterocycles. The topological polar surface area (TPSA) is 12.0 Å². The summed E-state index contributed by atoms with van der Waals surface area (Å²) >= 11 is 5.49. The monoisotopic (exact) mass is 329 g/mol. The number of aryl methyl sites for hydroxylation is 1. The molecule has 1 unspecified atom stereocenters. The van der Waals surface area contributed by atoms with Crippen LogP contribution in [0.2, 0.25) is 0 Å². The molecule has 18 heavy (non-hydrogen) atoms. The minimum Gasteiger partial charge on any atom is -0.310 e. The fourth-order valence-electron chi connectivity index (χ4n) is 2.06. The van der Waals surface area contributed by atoms with Crippen LogP contribution < -0.4 is 5.32 Å². The van der Waals surface area contributed by atoms with Gasteiger partial charge in [0.25, 0.3) is 0 Å². The van der Waals surface area contributed by atoms with E-state index in [9.17, 15) is 0 Å². The van der Waals surface area contributed by atoms with Crippen LogP contribution in [0.4, 0.5) is 0 Å². The van der Waals surface area contributed by atoms with Crippen molar-refractivity contribution in [1.82, 2.24) is 5.32 Å². The van der Waals surface area contributed by atoms with E-state index in [2.05, 4.69) is 47.7 Å². The second-order valence-electron chi connectivity index (χ2n) is 4.64. The Bertz CT molecular complexity index is 340.